The molecular formula is C19H26O2. The highest BCUT2D eigenvalue weighted by atomic mass is 16.2. The summed E-state index contributed by atoms with van der Waals surface area (Å²) in [5.74, 6) is 1.86. The van der Waals surface area contributed by atoms with E-state index in [2.05, 4.69) is 13.8 Å². The van der Waals surface area contributed by atoms with Gasteiger partial charge in [0.15, 0.2) is 0 Å². The van der Waals surface area contributed by atoms with Crippen molar-refractivity contribution in [3.63, 3.8) is 0 Å². The van der Waals surface area contributed by atoms with Crippen LogP contribution in [0.25, 0.3) is 0 Å². The van der Waals surface area contributed by atoms with E-state index in [9.17, 15) is 9.59 Å². The van der Waals surface area contributed by atoms with Crippen LogP contribution in [0, 0.1) is 34.5 Å². The summed E-state index contributed by atoms with van der Waals surface area (Å²) in [6.45, 7) is 4.58. The van der Waals surface area contributed by atoms with E-state index in [4.69, 9.17) is 0 Å². The van der Waals surface area contributed by atoms with Crippen LogP contribution in [0.4, 0.5) is 0 Å². The van der Waals surface area contributed by atoms with Crippen LogP contribution in [0.15, 0.2) is 12.2 Å². The molecule has 4 aliphatic carbocycles. The van der Waals surface area contributed by atoms with Gasteiger partial charge in [-0.15, -0.1) is 0 Å². The number of hydrogen-bond donors (Lipinski definition) is 0. The quantitative estimate of drug-likeness (QED) is 0.632. The lowest BCUT2D eigenvalue weighted by atomic mass is 9.46. The first-order valence-electron chi connectivity index (χ1n) is 8.74. The van der Waals surface area contributed by atoms with Crippen LogP contribution in [0.1, 0.15) is 58.8 Å². The minimum absolute atomic E-state index is 0.0914. The highest BCUT2D eigenvalue weighted by Gasteiger charge is 2.60. The zero-order valence-corrected chi connectivity index (χ0v) is 13.2. The summed E-state index contributed by atoms with van der Waals surface area (Å²) < 4.78 is 0. The van der Waals surface area contributed by atoms with Gasteiger partial charge >= 0.3 is 0 Å². The second kappa shape index (κ2) is 4.30. The first-order chi connectivity index (χ1) is 9.97. The van der Waals surface area contributed by atoms with Crippen LogP contribution in [-0.4, -0.2) is 11.6 Å². The number of Topliss-reactive ketones (excluding diaryl/α,β-unsaturated/α-hetero) is 1. The Morgan fingerprint density at radius 1 is 1.00 bits per heavy atom. The number of rotatable bonds is 0. The molecule has 0 aliphatic heterocycles. The molecule has 0 saturated heterocycles. The summed E-state index contributed by atoms with van der Waals surface area (Å²) in [5, 5.41) is 0. The zero-order chi connectivity index (χ0) is 14.8. The average Bonchev–Trinajstić information content (AvgIpc) is 2.86. The minimum Gasteiger partial charge on any atom is -0.290 e. The van der Waals surface area contributed by atoms with Gasteiger partial charge in [-0.2, -0.15) is 0 Å². The molecule has 4 aliphatic rings. The number of hydrogen-bond acceptors (Lipinski definition) is 2. The molecule has 4 rings (SSSR count). The molecule has 2 nitrogen and oxygen atoms in total. The van der Waals surface area contributed by atoms with Crippen molar-refractivity contribution >= 4 is 11.6 Å². The molecule has 1 unspecified atom stereocenters. The predicted octanol–water partition coefficient (Wildman–Crippen LogP) is 3.94. The fourth-order valence-corrected chi connectivity index (χ4v) is 6.55. The van der Waals surface area contributed by atoms with Gasteiger partial charge in [-0.3, -0.25) is 9.59 Å². The number of fused-ring (bicyclic) bond motifs is 5. The van der Waals surface area contributed by atoms with E-state index in [1.54, 1.807) is 0 Å². The number of carbonyl (C=O) groups excluding carboxylic acids is 2. The van der Waals surface area contributed by atoms with E-state index in [-0.39, 0.29) is 11.6 Å². The van der Waals surface area contributed by atoms with Crippen molar-refractivity contribution in [1.82, 2.24) is 0 Å². The maximum absolute atomic E-state index is 12.7. The second-order valence-electron chi connectivity index (χ2n) is 8.48. The van der Waals surface area contributed by atoms with Gasteiger partial charge < -0.3 is 0 Å². The standard InChI is InChI=1S/C19H26O2/c1-18-10-3-4-14(18)13-7-5-12-6-8-16(20)17(21)19(12,2)15(13)9-11-18/h6,8,12-15H,3-5,7,9-11H2,1-2H3/t12?,13-,14-,15-,18-,19-/m0/s1. The third kappa shape index (κ3) is 1.65. The van der Waals surface area contributed by atoms with E-state index >= 15 is 0 Å². The summed E-state index contributed by atoms with van der Waals surface area (Å²) in [6, 6.07) is 0. The van der Waals surface area contributed by atoms with Crippen LogP contribution >= 0.6 is 0 Å². The first kappa shape index (κ1) is 13.7. The summed E-state index contributed by atoms with van der Waals surface area (Å²) in [7, 11) is 0. The molecule has 0 radical (unpaired) electrons. The smallest absolute Gasteiger partial charge is 0.221 e. The molecule has 0 spiro atoms. The summed E-state index contributed by atoms with van der Waals surface area (Å²) in [5.41, 5.74) is 0.112. The Morgan fingerprint density at radius 2 is 1.81 bits per heavy atom. The SMILES string of the molecule is C[C@@]12CCC[C@H]1[C@@H]1CCC3C=CC(=O)C(=O)[C@]3(C)[C@H]1CC2. The third-order valence-corrected chi connectivity index (χ3v) is 7.76. The third-order valence-electron chi connectivity index (χ3n) is 7.76. The lowest BCUT2D eigenvalue weighted by molar-refractivity contribution is -0.154. The monoisotopic (exact) mass is 286 g/mol. The molecule has 0 amide bonds. The molecule has 2 heteroatoms. The van der Waals surface area contributed by atoms with Crippen molar-refractivity contribution in [3.8, 4) is 0 Å². The molecule has 0 heterocycles. The second-order valence-corrected chi connectivity index (χ2v) is 8.48. The Kier molecular flexibility index (Phi) is 2.81. The Bertz CT molecular complexity index is 534. The summed E-state index contributed by atoms with van der Waals surface area (Å²) in [4.78, 5) is 24.7. The van der Waals surface area contributed by atoms with Crippen LogP contribution in [0.3, 0.4) is 0 Å². The van der Waals surface area contributed by atoms with Crippen molar-refractivity contribution in [3.05, 3.63) is 12.2 Å². The fraction of sp³-hybridized carbons (Fsp3) is 0.789. The lowest BCUT2D eigenvalue weighted by Gasteiger charge is -2.57. The molecule has 0 aromatic rings. The molecule has 114 valence electrons. The average molecular weight is 286 g/mol. The largest absolute Gasteiger partial charge is 0.290 e. The van der Waals surface area contributed by atoms with E-state index in [0.717, 1.165) is 18.8 Å². The maximum Gasteiger partial charge on any atom is 0.221 e. The predicted molar refractivity (Wildman–Crippen MR) is 81.6 cm³/mol. The Labute approximate surface area is 127 Å². The molecule has 21 heavy (non-hydrogen) atoms. The van der Waals surface area contributed by atoms with Gasteiger partial charge in [0.25, 0.3) is 0 Å². The number of ketones is 2. The first-order valence-corrected chi connectivity index (χ1v) is 8.74. The molecule has 0 bridgehead atoms. The van der Waals surface area contributed by atoms with E-state index in [1.165, 1.54) is 38.2 Å². The summed E-state index contributed by atoms with van der Waals surface area (Å²) >= 11 is 0. The van der Waals surface area contributed by atoms with Crippen molar-refractivity contribution in [2.24, 2.45) is 34.5 Å². The maximum atomic E-state index is 12.7. The van der Waals surface area contributed by atoms with Gasteiger partial charge in [0.1, 0.15) is 0 Å². The van der Waals surface area contributed by atoms with Gasteiger partial charge in [0, 0.05) is 5.41 Å². The van der Waals surface area contributed by atoms with E-state index in [1.807, 2.05) is 6.08 Å². The molecular weight excluding hydrogens is 260 g/mol. The number of allylic oxidation sites excluding steroid dienone is 2. The fourth-order valence-electron chi connectivity index (χ4n) is 6.55. The molecule has 3 fully saturated rings. The van der Waals surface area contributed by atoms with Gasteiger partial charge in [0.05, 0.1) is 0 Å². The van der Waals surface area contributed by atoms with Crippen LogP contribution in [0.5, 0.6) is 0 Å². The van der Waals surface area contributed by atoms with Gasteiger partial charge in [-0.1, -0.05) is 26.3 Å². The van der Waals surface area contributed by atoms with Gasteiger partial charge in [-0.25, -0.2) is 0 Å². The molecule has 6 atom stereocenters. The zero-order valence-electron chi connectivity index (χ0n) is 13.2. The molecule has 3 saturated carbocycles. The van der Waals surface area contributed by atoms with Crippen LogP contribution < -0.4 is 0 Å². The van der Waals surface area contributed by atoms with Gasteiger partial charge in [0.2, 0.25) is 11.6 Å². The Morgan fingerprint density at radius 3 is 2.62 bits per heavy atom. The molecule has 0 N–H and O–H groups in total. The minimum atomic E-state index is -0.404. The topological polar surface area (TPSA) is 34.1 Å². The van der Waals surface area contributed by atoms with Crippen molar-refractivity contribution in [2.45, 2.75) is 58.8 Å². The highest BCUT2D eigenvalue weighted by molar-refractivity contribution is 6.44. The van der Waals surface area contributed by atoms with Crippen LogP contribution in [0.2, 0.25) is 0 Å². The van der Waals surface area contributed by atoms with Gasteiger partial charge in [-0.05, 0) is 73.7 Å². The molecule has 0 aromatic heterocycles. The number of carbonyl (C=O) groups is 2. The van der Waals surface area contributed by atoms with E-state index < -0.39 is 5.41 Å². The normalized spacial score (nSPS) is 52.3. The van der Waals surface area contributed by atoms with Crippen LogP contribution in [-0.2, 0) is 9.59 Å². The van der Waals surface area contributed by atoms with E-state index in [0.29, 0.717) is 23.2 Å². The van der Waals surface area contributed by atoms with Crippen molar-refractivity contribution in [2.75, 3.05) is 0 Å². The van der Waals surface area contributed by atoms with Crippen molar-refractivity contribution < 1.29 is 9.59 Å². The molecule has 0 aromatic carbocycles. The Balaban J connectivity index is 1.74. The lowest BCUT2D eigenvalue weighted by Crippen LogP contribution is -2.56. The Hall–Kier alpha value is -0.920. The highest BCUT2D eigenvalue weighted by Crippen LogP contribution is 2.64. The summed E-state index contributed by atoms with van der Waals surface area (Å²) in [6.07, 6.45) is 12.4. The van der Waals surface area contributed by atoms with Crippen molar-refractivity contribution in [1.29, 1.82) is 0 Å².